The van der Waals surface area contributed by atoms with Gasteiger partial charge in [-0.15, -0.1) is 0 Å². The first-order valence-corrected chi connectivity index (χ1v) is 9.87. The van der Waals surface area contributed by atoms with Crippen molar-refractivity contribution in [1.82, 2.24) is 13.9 Å². The van der Waals surface area contributed by atoms with E-state index in [0.29, 0.717) is 23.4 Å². The topological polar surface area (TPSA) is 88.4 Å². The van der Waals surface area contributed by atoms with Gasteiger partial charge in [0.05, 0.1) is 18.2 Å². The zero-order chi connectivity index (χ0) is 22.4. The maximum atomic E-state index is 12.7. The number of esters is 1. The second kappa shape index (κ2) is 7.46. The number of pyridine rings is 1. The van der Waals surface area contributed by atoms with E-state index in [1.54, 1.807) is 27.2 Å². The van der Waals surface area contributed by atoms with Gasteiger partial charge < -0.3 is 18.4 Å². The van der Waals surface area contributed by atoms with Gasteiger partial charge in [-0.1, -0.05) is 24.3 Å². The van der Waals surface area contributed by atoms with Crippen LogP contribution in [0, 0.1) is 6.92 Å². The van der Waals surface area contributed by atoms with E-state index in [2.05, 4.69) is 0 Å². The normalized spacial score (nSPS) is 11.3. The molecule has 3 aromatic heterocycles. The predicted molar refractivity (Wildman–Crippen MR) is 117 cm³/mol. The van der Waals surface area contributed by atoms with E-state index in [-0.39, 0.29) is 11.1 Å². The van der Waals surface area contributed by atoms with Crippen LogP contribution in [0.5, 0.6) is 0 Å². The molecule has 160 valence electrons. The molecule has 0 bridgehead atoms. The third kappa shape index (κ3) is 3.11. The van der Waals surface area contributed by atoms with Crippen LogP contribution in [0.3, 0.4) is 0 Å². The van der Waals surface area contributed by atoms with E-state index >= 15 is 0 Å². The average Bonchev–Trinajstić information content (AvgIpc) is 3.24. The van der Waals surface area contributed by atoms with Crippen molar-refractivity contribution in [2.24, 2.45) is 14.1 Å². The second-order valence-electron chi connectivity index (χ2n) is 7.39. The van der Waals surface area contributed by atoms with Crippen LogP contribution in [-0.4, -0.2) is 27.0 Å². The molecule has 0 N–H and O–H groups in total. The molecule has 3 heterocycles. The summed E-state index contributed by atoms with van der Waals surface area (Å²) in [7, 11) is 4.46. The fourth-order valence-electron chi connectivity index (χ4n) is 4.08. The minimum absolute atomic E-state index is 0.0183. The molecule has 0 saturated carbocycles. The highest BCUT2D eigenvalue weighted by atomic mass is 16.5. The number of benzene rings is 1. The molecule has 0 aliphatic heterocycles. The van der Waals surface area contributed by atoms with Crippen molar-refractivity contribution >= 4 is 16.9 Å². The minimum atomic E-state index is -0.660. The number of aryl methyl sites for hydroxylation is 4. The van der Waals surface area contributed by atoms with Crippen molar-refractivity contribution in [2.45, 2.75) is 20.4 Å². The van der Waals surface area contributed by atoms with E-state index < -0.39 is 11.5 Å². The summed E-state index contributed by atoms with van der Waals surface area (Å²) < 4.78 is 14.8. The average molecular weight is 421 g/mol. The first-order chi connectivity index (χ1) is 14.8. The lowest BCUT2D eigenvalue weighted by Gasteiger charge is -2.11. The standard InChI is InChI=1S/C23H23N3O5/c1-6-26-17(11-16-12-24(3)21(27)19(20(16)26)23(29)30-5)14-7-9-15(10-8-14)18-13(2)31-25(4)22(18)28/h7-12H,6H2,1-5H3. The summed E-state index contributed by atoms with van der Waals surface area (Å²) in [6, 6.07) is 9.51. The van der Waals surface area contributed by atoms with Crippen LogP contribution in [0.1, 0.15) is 23.0 Å². The Labute approximate surface area is 177 Å². The molecule has 4 rings (SSSR count). The van der Waals surface area contributed by atoms with Crippen LogP contribution in [0.2, 0.25) is 0 Å². The van der Waals surface area contributed by atoms with Gasteiger partial charge in [0.1, 0.15) is 11.3 Å². The van der Waals surface area contributed by atoms with E-state index in [1.807, 2.05) is 41.8 Å². The number of carbonyl (C=O) groups is 1. The summed E-state index contributed by atoms with van der Waals surface area (Å²) in [5, 5.41) is 0.767. The molecule has 0 atom stereocenters. The number of rotatable bonds is 4. The lowest BCUT2D eigenvalue weighted by molar-refractivity contribution is 0.0600. The molecular weight excluding hydrogens is 398 g/mol. The highest BCUT2D eigenvalue weighted by Gasteiger charge is 2.22. The van der Waals surface area contributed by atoms with Gasteiger partial charge in [0.2, 0.25) is 0 Å². The monoisotopic (exact) mass is 421 g/mol. The quantitative estimate of drug-likeness (QED) is 0.473. The third-order valence-corrected chi connectivity index (χ3v) is 5.53. The Balaban J connectivity index is 1.92. The van der Waals surface area contributed by atoms with E-state index in [0.717, 1.165) is 22.2 Å². The fourth-order valence-corrected chi connectivity index (χ4v) is 4.08. The van der Waals surface area contributed by atoms with Gasteiger partial charge in [-0.25, -0.2) is 4.79 Å². The number of hydrogen-bond donors (Lipinski definition) is 0. The molecule has 8 nitrogen and oxygen atoms in total. The highest BCUT2D eigenvalue weighted by molar-refractivity contribution is 6.04. The van der Waals surface area contributed by atoms with Crippen LogP contribution in [0.25, 0.3) is 33.3 Å². The Kier molecular flexibility index (Phi) is 4.93. The van der Waals surface area contributed by atoms with Gasteiger partial charge in [0, 0.05) is 37.9 Å². The molecule has 31 heavy (non-hydrogen) atoms. The predicted octanol–water partition coefficient (Wildman–Crippen LogP) is 3.08. The third-order valence-electron chi connectivity index (χ3n) is 5.53. The molecule has 0 aliphatic carbocycles. The lowest BCUT2D eigenvalue weighted by atomic mass is 10.0. The maximum Gasteiger partial charge on any atom is 0.345 e. The van der Waals surface area contributed by atoms with Crippen LogP contribution < -0.4 is 11.1 Å². The van der Waals surface area contributed by atoms with Gasteiger partial charge in [-0.2, -0.15) is 4.74 Å². The Morgan fingerprint density at radius 2 is 1.71 bits per heavy atom. The zero-order valence-corrected chi connectivity index (χ0v) is 18.1. The van der Waals surface area contributed by atoms with Gasteiger partial charge in [-0.3, -0.25) is 9.59 Å². The van der Waals surface area contributed by atoms with Crippen LogP contribution >= 0.6 is 0 Å². The van der Waals surface area contributed by atoms with Crippen molar-refractivity contribution in [3.63, 3.8) is 0 Å². The number of nitrogens with zero attached hydrogens (tertiary/aromatic N) is 3. The first kappa shape index (κ1) is 20.5. The fraction of sp³-hybridized carbons (Fsp3) is 0.261. The maximum absolute atomic E-state index is 12.7. The number of carbonyl (C=O) groups excluding carboxylic acids is 1. The largest absolute Gasteiger partial charge is 0.465 e. The summed E-state index contributed by atoms with van der Waals surface area (Å²) in [6.07, 6.45) is 1.71. The summed E-state index contributed by atoms with van der Waals surface area (Å²) in [4.78, 5) is 37.4. The minimum Gasteiger partial charge on any atom is -0.465 e. The van der Waals surface area contributed by atoms with E-state index in [9.17, 15) is 14.4 Å². The van der Waals surface area contributed by atoms with Crippen molar-refractivity contribution in [3.05, 3.63) is 68.6 Å². The van der Waals surface area contributed by atoms with Crippen molar-refractivity contribution in [2.75, 3.05) is 7.11 Å². The number of hydrogen-bond acceptors (Lipinski definition) is 5. The summed E-state index contributed by atoms with van der Waals surface area (Å²) in [5.74, 6) is -0.103. The number of aromatic nitrogens is 3. The second-order valence-corrected chi connectivity index (χ2v) is 7.39. The summed E-state index contributed by atoms with van der Waals surface area (Å²) in [6.45, 7) is 4.27. The molecular formula is C23H23N3O5. The van der Waals surface area contributed by atoms with Crippen molar-refractivity contribution in [1.29, 1.82) is 0 Å². The molecule has 8 heteroatoms. The summed E-state index contributed by atoms with van der Waals surface area (Å²) in [5.41, 5.74) is 3.02. The summed E-state index contributed by atoms with van der Waals surface area (Å²) >= 11 is 0. The molecule has 0 aliphatic rings. The van der Waals surface area contributed by atoms with Gasteiger partial charge in [0.15, 0.2) is 0 Å². The zero-order valence-electron chi connectivity index (χ0n) is 18.1. The lowest BCUT2D eigenvalue weighted by Crippen LogP contribution is -2.25. The number of ether oxygens (including phenoxy) is 1. The van der Waals surface area contributed by atoms with E-state index in [4.69, 9.17) is 9.26 Å². The van der Waals surface area contributed by atoms with Crippen molar-refractivity contribution < 1.29 is 14.1 Å². The van der Waals surface area contributed by atoms with Crippen LogP contribution in [-0.2, 0) is 25.4 Å². The SMILES string of the molecule is CCn1c(-c2ccc(-c3c(C)on(C)c3=O)cc2)cc2cn(C)c(=O)c(C(=O)OC)c21. The van der Waals surface area contributed by atoms with Gasteiger partial charge >= 0.3 is 5.97 Å². The number of fused-ring (bicyclic) bond motifs is 1. The molecule has 0 saturated heterocycles. The van der Waals surface area contributed by atoms with Gasteiger partial charge in [0.25, 0.3) is 11.1 Å². The van der Waals surface area contributed by atoms with E-state index in [1.165, 1.54) is 16.4 Å². The molecule has 0 spiro atoms. The molecule has 1 aromatic carbocycles. The van der Waals surface area contributed by atoms with Crippen LogP contribution in [0.4, 0.5) is 0 Å². The molecule has 0 fully saturated rings. The molecule has 0 unspecified atom stereocenters. The Bertz CT molecular complexity index is 1430. The molecule has 0 radical (unpaired) electrons. The Morgan fingerprint density at radius 1 is 1.06 bits per heavy atom. The van der Waals surface area contributed by atoms with Gasteiger partial charge in [-0.05, 0) is 31.0 Å². The number of methoxy groups -OCH3 is 1. The molecule has 0 amide bonds. The van der Waals surface area contributed by atoms with Crippen LogP contribution in [0.15, 0.2) is 50.6 Å². The smallest absolute Gasteiger partial charge is 0.345 e. The first-order valence-electron chi connectivity index (χ1n) is 9.87. The Hall–Kier alpha value is -3.81. The van der Waals surface area contributed by atoms with Crippen molar-refractivity contribution in [3.8, 4) is 22.4 Å². The Morgan fingerprint density at radius 3 is 2.26 bits per heavy atom. The highest BCUT2D eigenvalue weighted by Crippen LogP contribution is 2.31. The molecule has 4 aromatic rings.